The van der Waals surface area contributed by atoms with Crippen LogP contribution in [0.3, 0.4) is 0 Å². The van der Waals surface area contributed by atoms with Crippen LogP contribution in [0.15, 0.2) is 30.3 Å². The second kappa shape index (κ2) is 8.53. The summed E-state index contributed by atoms with van der Waals surface area (Å²) < 4.78 is 0. The zero-order valence-electron chi connectivity index (χ0n) is 16.8. The number of hydrogen-bond donors (Lipinski definition) is 0. The van der Waals surface area contributed by atoms with Crippen LogP contribution in [0.2, 0.25) is 0 Å². The Morgan fingerprint density at radius 1 is 1.15 bits per heavy atom. The molecule has 26 heavy (non-hydrogen) atoms. The lowest BCUT2D eigenvalue weighted by molar-refractivity contribution is -0.129. The van der Waals surface area contributed by atoms with Gasteiger partial charge < -0.3 is 14.7 Å². The molecule has 4 heteroatoms. The summed E-state index contributed by atoms with van der Waals surface area (Å²) in [4.78, 5) is 18.7. The number of carbonyl (C=O) groups is 1. The molecule has 2 aliphatic heterocycles. The van der Waals surface area contributed by atoms with Gasteiger partial charge in [0.25, 0.3) is 0 Å². The van der Waals surface area contributed by atoms with Crippen LogP contribution in [0.5, 0.6) is 0 Å². The van der Waals surface area contributed by atoms with Crippen LogP contribution in [0, 0.1) is 5.41 Å². The lowest BCUT2D eigenvalue weighted by Crippen LogP contribution is -2.51. The van der Waals surface area contributed by atoms with Crippen LogP contribution in [0.1, 0.15) is 44.1 Å². The molecule has 144 valence electrons. The molecule has 3 rings (SSSR count). The van der Waals surface area contributed by atoms with Gasteiger partial charge in [0.1, 0.15) is 0 Å². The van der Waals surface area contributed by atoms with E-state index in [1.807, 2.05) is 14.1 Å². The van der Waals surface area contributed by atoms with E-state index in [2.05, 4.69) is 47.1 Å². The number of carbonyl (C=O) groups excluding carboxylic acids is 1. The van der Waals surface area contributed by atoms with Crippen LogP contribution >= 0.6 is 0 Å². The van der Waals surface area contributed by atoms with Gasteiger partial charge in [0.2, 0.25) is 5.91 Å². The van der Waals surface area contributed by atoms with Crippen molar-refractivity contribution in [3.63, 3.8) is 0 Å². The molecule has 1 aromatic carbocycles. The number of amides is 1. The Morgan fingerprint density at radius 2 is 1.85 bits per heavy atom. The summed E-state index contributed by atoms with van der Waals surface area (Å²) in [6.07, 6.45) is 4.50. The van der Waals surface area contributed by atoms with Gasteiger partial charge in [-0.2, -0.15) is 0 Å². The third kappa shape index (κ3) is 4.66. The van der Waals surface area contributed by atoms with E-state index in [4.69, 9.17) is 0 Å². The fourth-order valence-electron chi connectivity index (χ4n) is 4.78. The van der Waals surface area contributed by atoms with Gasteiger partial charge in [0.05, 0.1) is 0 Å². The van der Waals surface area contributed by atoms with E-state index in [-0.39, 0.29) is 5.91 Å². The van der Waals surface area contributed by atoms with Gasteiger partial charge in [-0.1, -0.05) is 37.3 Å². The van der Waals surface area contributed by atoms with Gasteiger partial charge >= 0.3 is 0 Å². The Bertz CT molecular complexity index is 578. The normalized spacial score (nSPS) is 23.9. The molecule has 0 bridgehead atoms. The molecule has 0 N–H and O–H groups in total. The molecule has 0 aromatic heterocycles. The molecule has 2 fully saturated rings. The van der Waals surface area contributed by atoms with Crippen molar-refractivity contribution < 1.29 is 4.79 Å². The SMILES string of the molecule is CCN1CC(c2ccccc2)CC2(CCN(CCC(=O)N(C)C)CC2)C1. The van der Waals surface area contributed by atoms with Crippen molar-refractivity contribution in [2.24, 2.45) is 5.41 Å². The van der Waals surface area contributed by atoms with Crippen molar-refractivity contribution in [3.8, 4) is 0 Å². The van der Waals surface area contributed by atoms with E-state index in [0.29, 0.717) is 17.8 Å². The highest BCUT2D eigenvalue weighted by Crippen LogP contribution is 2.44. The Kier molecular flexibility index (Phi) is 6.36. The topological polar surface area (TPSA) is 26.8 Å². The molecule has 1 atom stereocenters. The maximum atomic E-state index is 11.9. The molecule has 0 saturated carbocycles. The first-order chi connectivity index (χ1) is 12.5. The molecule has 2 heterocycles. The van der Waals surface area contributed by atoms with Crippen LogP contribution in [0.4, 0.5) is 0 Å². The Morgan fingerprint density at radius 3 is 2.46 bits per heavy atom. The van der Waals surface area contributed by atoms with E-state index in [1.165, 1.54) is 37.9 Å². The lowest BCUT2D eigenvalue weighted by atomic mass is 9.68. The third-order valence-corrected chi connectivity index (χ3v) is 6.49. The van der Waals surface area contributed by atoms with Crippen molar-refractivity contribution in [1.82, 2.24) is 14.7 Å². The summed E-state index contributed by atoms with van der Waals surface area (Å²) in [6.45, 7) is 9.07. The lowest BCUT2D eigenvalue weighted by Gasteiger charge is -2.50. The Hall–Kier alpha value is -1.39. The van der Waals surface area contributed by atoms with Gasteiger partial charge in [-0.05, 0) is 55.8 Å². The summed E-state index contributed by atoms with van der Waals surface area (Å²) in [5, 5.41) is 0. The van der Waals surface area contributed by atoms with E-state index in [1.54, 1.807) is 4.90 Å². The van der Waals surface area contributed by atoms with Gasteiger partial charge in [-0.25, -0.2) is 0 Å². The highest BCUT2D eigenvalue weighted by molar-refractivity contribution is 5.75. The third-order valence-electron chi connectivity index (χ3n) is 6.49. The maximum Gasteiger partial charge on any atom is 0.223 e. The Labute approximate surface area is 159 Å². The average Bonchev–Trinajstić information content (AvgIpc) is 2.67. The van der Waals surface area contributed by atoms with Crippen molar-refractivity contribution in [3.05, 3.63) is 35.9 Å². The van der Waals surface area contributed by atoms with E-state index in [0.717, 1.165) is 26.2 Å². The predicted molar refractivity (Wildman–Crippen MR) is 107 cm³/mol. The molecular weight excluding hydrogens is 322 g/mol. The van der Waals surface area contributed by atoms with Gasteiger partial charge in [-0.15, -0.1) is 0 Å². The number of likely N-dealkylation sites (tertiary alicyclic amines) is 2. The highest BCUT2D eigenvalue weighted by atomic mass is 16.2. The number of benzene rings is 1. The number of nitrogens with zero attached hydrogens (tertiary/aromatic N) is 3. The quantitative estimate of drug-likeness (QED) is 0.810. The van der Waals surface area contributed by atoms with Crippen LogP contribution in [0.25, 0.3) is 0 Å². The van der Waals surface area contributed by atoms with E-state index >= 15 is 0 Å². The minimum atomic E-state index is 0.240. The van der Waals surface area contributed by atoms with Gasteiger partial charge in [-0.3, -0.25) is 4.79 Å². The number of hydrogen-bond acceptors (Lipinski definition) is 3. The van der Waals surface area contributed by atoms with Crippen molar-refractivity contribution >= 4 is 5.91 Å². The molecule has 4 nitrogen and oxygen atoms in total. The molecule has 1 unspecified atom stereocenters. The monoisotopic (exact) mass is 357 g/mol. The molecule has 1 aromatic rings. The molecule has 1 spiro atoms. The number of likely N-dealkylation sites (N-methyl/N-ethyl adjacent to an activating group) is 1. The fourth-order valence-corrected chi connectivity index (χ4v) is 4.78. The summed E-state index contributed by atoms with van der Waals surface area (Å²) in [5.41, 5.74) is 1.96. The maximum absolute atomic E-state index is 11.9. The first kappa shape index (κ1) is 19.4. The fraction of sp³-hybridized carbons (Fsp3) is 0.682. The molecular formula is C22H35N3O. The molecule has 1 amide bonds. The second-order valence-electron chi connectivity index (χ2n) is 8.52. The van der Waals surface area contributed by atoms with Crippen molar-refractivity contribution in [1.29, 1.82) is 0 Å². The van der Waals surface area contributed by atoms with Gasteiger partial charge in [0.15, 0.2) is 0 Å². The molecule has 0 aliphatic carbocycles. The smallest absolute Gasteiger partial charge is 0.223 e. The minimum Gasteiger partial charge on any atom is -0.349 e. The molecule has 2 aliphatic rings. The molecule has 2 saturated heterocycles. The van der Waals surface area contributed by atoms with Crippen molar-refractivity contribution in [2.45, 2.75) is 38.5 Å². The Balaban J connectivity index is 1.60. The predicted octanol–water partition coefficient (Wildman–Crippen LogP) is 3.06. The minimum absolute atomic E-state index is 0.240. The summed E-state index contributed by atoms with van der Waals surface area (Å²) >= 11 is 0. The zero-order valence-corrected chi connectivity index (χ0v) is 16.8. The standard InChI is InChI=1S/C22H35N3O/c1-4-24-17-20(19-8-6-5-7-9-19)16-22(18-24)11-14-25(15-12-22)13-10-21(26)23(2)3/h5-9,20H,4,10-18H2,1-3H3. The zero-order chi connectivity index (χ0) is 18.6. The molecule has 0 radical (unpaired) electrons. The number of piperidine rings is 2. The number of rotatable bonds is 5. The average molecular weight is 358 g/mol. The van der Waals surface area contributed by atoms with Gasteiger partial charge in [0, 0.05) is 40.2 Å². The first-order valence-electron chi connectivity index (χ1n) is 10.2. The van der Waals surface area contributed by atoms with E-state index < -0.39 is 0 Å². The van der Waals surface area contributed by atoms with Crippen LogP contribution < -0.4 is 0 Å². The first-order valence-corrected chi connectivity index (χ1v) is 10.2. The van der Waals surface area contributed by atoms with Crippen LogP contribution in [-0.2, 0) is 4.79 Å². The highest BCUT2D eigenvalue weighted by Gasteiger charge is 2.41. The largest absolute Gasteiger partial charge is 0.349 e. The van der Waals surface area contributed by atoms with Crippen molar-refractivity contribution in [2.75, 3.05) is 53.4 Å². The summed E-state index contributed by atoms with van der Waals surface area (Å²) in [6, 6.07) is 11.1. The van der Waals surface area contributed by atoms with E-state index in [9.17, 15) is 4.79 Å². The summed E-state index contributed by atoms with van der Waals surface area (Å²) in [7, 11) is 3.69. The van der Waals surface area contributed by atoms with Crippen LogP contribution in [-0.4, -0.2) is 74.0 Å². The second-order valence-corrected chi connectivity index (χ2v) is 8.52. The summed E-state index contributed by atoms with van der Waals surface area (Å²) in [5.74, 6) is 0.899.